The van der Waals surface area contributed by atoms with Crippen molar-refractivity contribution in [2.45, 2.75) is 65.3 Å². The zero-order valence-electron chi connectivity index (χ0n) is 21.1. The Morgan fingerprint density at radius 2 is 2.03 bits per heavy atom. The van der Waals surface area contributed by atoms with Crippen molar-refractivity contribution in [3.63, 3.8) is 0 Å². The second kappa shape index (κ2) is 14.0. The van der Waals surface area contributed by atoms with Crippen molar-refractivity contribution in [2.75, 3.05) is 0 Å². The molecule has 10 heteroatoms. The van der Waals surface area contributed by atoms with Crippen molar-refractivity contribution in [2.24, 2.45) is 7.05 Å². The highest BCUT2D eigenvalue weighted by atomic mass is 31.0. The zero-order chi connectivity index (χ0) is 26.8. The highest BCUT2D eigenvalue weighted by Crippen LogP contribution is 2.26. The van der Waals surface area contributed by atoms with Crippen molar-refractivity contribution in [1.82, 2.24) is 20.2 Å². The summed E-state index contributed by atoms with van der Waals surface area (Å²) < 4.78 is 22.2. The number of carbonyl (C=O) groups is 1. The number of alkyl halides is 2. The molecule has 0 fully saturated rings. The molecule has 0 radical (unpaired) electrons. The van der Waals surface area contributed by atoms with Gasteiger partial charge in [-0.1, -0.05) is 35.2 Å². The Kier molecular flexibility index (Phi) is 11.4. The summed E-state index contributed by atoms with van der Waals surface area (Å²) in [5.74, 6) is -0.251. The van der Waals surface area contributed by atoms with Crippen LogP contribution < -0.4 is 16.2 Å². The van der Waals surface area contributed by atoms with Gasteiger partial charge in [0, 0.05) is 13.6 Å². The van der Waals surface area contributed by atoms with E-state index in [1.807, 2.05) is 32.9 Å². The second-order valence-corrected chi connectivity index (χ2v) is 8.70. The Morgan fingerprint density at radius 1 is 1.33 bits per heavy atom. The number of carboxylic acid groups (broad SMARTS) is 1. The third kappa shape index (κ3) is 7.55. The van der Waals surface area contributed by atoms with E-state index in [0.717, 1.165) is 41.8 Å². The lowest BCUT2D eigenvalue weighted by molar-refractivity contribution is -0.133. The fourth-order valence-electron chi connectivity index (χ4n) is 4.14. The van der Waals surface area contributed by atoms with Crippen LogP contribution in [0.15, 0.2) is 46.9 Å². The van der Waals surface area contributed by atoms with Crippen LogP contribution >= 0.6 is 9.24 Å². The van der Waals surface area contributed by atoms with E-state index in [4.69, 9.17) is 4.98 Å². The summed E-state index contributed by atoms with van der Waals surface area (Å²) >= 11 is 0. The van der Waals surface area contributed by atoms with E-state index in [2.05, 4.69) is 16.7 Å². The molecule has 3 N–H and O–H groups in total. The lowest BCUT2D eigenvalue weighted by atomic mass is 9.98. The molecule has 1 aliphatic heterocycles. The Labute approximate surface area is 212 Å². The van der Waals surface area contributed by atoms with Gasteiger partial charge in [0.05, 0.1) is 16.5 Å². The molecule has 0 spiro atoms. The molecule has 0 saturated heterocycles. The molecule has 0 bridgehead atoms. The van der Waals surface area contributed by atoms with Crippen molar-refractivity contribution in [3.8, 4) is 0 Å². The first kappa shape index (κ1) is 29.3. The quantitative estimate of drug-likeness (QED) is 0.488. The van der Waals surface area contributed by atoms with Crippen molar-refractivity contribution in [3.05, 3.63) is 69.4 Å². The maximum atomic E-state index is 13.1. The molecular formula is C26H35F2N4O3P. The van der Waals surface area contributed by atoms with Crippen LogP contribution in [0.25, 0.3) is 16.5 Å². The number of nitrogens with zero attached hydrogens (tertiary/aromatic N) is 2. The van der Waals surface area contributed by atoms with Gasteiger partial charge in [-0.2, -0.15) is 0 Å². The zero-order valence-corrected chi connectivity index (χ0v) is 22.3. The smallest absolute Gasteiger partial charge is 0.335 e. The molecule has 0 amide bonds. The topological polar surface area (TPSA) is 96.2 Å². The number of allylic oxidation sites excluding steroid dienone is 4. The van der Waals surface area contributed by atoms with Crippen LogP contribution in [-0.2, 0) is 18.4 Å². The highest BCUT2D eigenvalue weighted by Gasteiger charge is 2.21. The number of fused-ring (bicyclic) bond motifs is 1. The molecule has 2 aromatic rings. The highest BCUT2D eigenvalue weighted by molar-refractivity contribution is 7.16. The van der Waals surface area contributed by atoms with Crippen LogP contribution in [0.4, 0.5) is 8.78 Å². The molecule has 2 heterocycles. The first-order valence-corrected chi connectivity index (χ1v) is 12.7. The number of hydrogen-bond donors (Lipinski definition) is 3. The number of benzene rings is 1. The maximum absolute atomic E-state index is 13.1. The van der Waals surface area contributed by atoms with Gasteiger partial charge >= 0.3 is 5.97 Å². The normalized spacial score (nSPS) is 16.7. The summed E-state index contributed by atoms with van der Waals surface area (Å²) in [6, 6.07) is 3.88. The van der Waals surface area contributed by atoms with Crippen molar-refractivity contribution >= 4 is 31.7 Å². The van der Waals surface area contributed by atoms with E-state index in [1.54, 1.807) is 30.0 Å². The molecule has 0 saturated carbocycles. The minimum Gasteiger partial charge on any atom is -0.478 e. The average molecular weight is 521 g/mol. The second-order valence-electron chi connectivity index (χ2n) is 8.20. The van der Waals surface area contributed by atoms with Crippen LogP contribution in [0, 0.1) is 6.92 Å². The van der Waals surface area contributed by atoms with Crippen LogP contribution in [0.5, 0.6) is 0 Å². The van der Waals surface area contributed by atoms with E-state index in [9.17, 15) is 23.5 Å². The molecule has 2 atom stereocenters. The molecule has 1 aliphatic carbocycles. The number of aliphatic carboxylic acids is 1. The van der Waals surface area contributed by atoms with Gasteiger partial charge in [-0.05, 0) is 73.7 Å². The fraction of sp³-hybridized carbons (Fsp3) is 0.423. The Bertz CT molecular complexity index is 1220. The van der Waals surface area contributed by atoms with E-state index in [-0.39, 0.29) is 11.1 Å². The van der Waals surface area contributed by atoms with Crippen LogP contribution in [0.1, 0.15) is 56.5 Å². The Balaban J connectivity index is 0.000000694. The Morgan fingerprint density at radius 3 is 2.64 bits per heavy atom. The molecule has 1 aromatic heterocycles. The standard InChI is InChI=1S/C23H26N4O3.C2H6.CH3F2P/c1-14-11-16(13-25-20-17(23(29)30)9-6-10-24-20)19-18(12-14)22(28)27(2)21(26-19)15-7-4-3-5-8-15;1-2;2-1(3)4/h6-7,9-12,20,24-25H,3-5,8,13H2,1-2H3,(H,29,30);1-2H3;1H,4H2. The van der Waals surface area contributed by atoms with Crippen LogP contribution in [0.2, 0.25) is 0 Å². The van der Waals surface area contributed by atoms with E-state index >= 15 is 0 Å². The average Bonchev–Trinajstić information content (AvgIpc) is 2.86. The lowest BCUT2D eigenvalue weighted by Crippen LogP contribution is -2.44. The largest absolute Gasteiger partial charge is 0.478 e. The number of rotatable bonds is 5. The third-order valence-corrected chi connectivity index (χ3v) is 5.67. The SMILES string of the molecule is CC.Cc1cc(CNC2NC=CC=C2C(=O)O)c2nc(C3=CCCCC3)n(C)c(=O)c2c1.FC(F)P. The number of aromatic nitrogens is 2. The molecule has 1 aromatic carbocycles. The number of nitrogens with one attached hydrogen (secondary N) is 2. The number of aryl methyl sites for hydroxylation is 1. The van der Waals surface area contributed by atoms with Gasteiger partial charge in [-0.15, -0.1) is 0 Å². The monoisotopic (exact) mass is 520 g/mol. The molecular weight excluding hydrogens is 485 g/mol. The van der Waals surface area contributed by atoms with Gasteiger partial charge in [0.1, 0.15) is 12.0 Å². The predicted molar refractivity (Wildman–Crippen MR) is 144 cm³/mol. The molecule has 2 unspecified atom stereocenters. The number of carboxylic acids is 1. The molecule has 2 aliphatic rings. The summed E-state index contributed by atoms with van der Waals surface area (Å²) in [7, 11) is 3.10. The summed E-state index contributed by atoms with van der Waals surface area (Å²) in [5, 5.41) is 16.3. The molecule has 196 valence electrons. The third-order valence-electron chi connectivity index (χ3n) is 5.67. The van der Waals surface area contributed by atoms with Gasteiger partial charge in [0.15, 0.2) is 0 Å². The van der Waals surface area contributed by atoms with E-state index < -0.39 is 18.3 Å². The van der Waals surface area contributed by atoms with Gasteiger partial charge in [0.2, 0.25) is 6.17 Å². The summed E-state index contributed by atoms with van der Waals surface area (Å²) in [6.07, 6.45) is 8.58. The predicted octanol–water partition coefficient (Wildman–Crippen LogP) is 4.85. The van der Waals surface area contributed by atoms with Crippen LogP contribution in [-0.4, -0.2) is 33.0 Å². The molecule has 7 nitrogen and oxygen atoms in total. The summed E-state index contributed by atoms with van der Waals surface area (Å²) in [4.78, 5) is 29.5. The first-order valence-electron chi connectivity index (χ1n) is 12.0. The van der Waals surface area contributed by atoms with Gasteiger partial charge in [0.25, 0.3) is 5.56 Å². The van der Waals surface area contributed by atoms with E-state index in [0.29, 0.717) is 17.4 Å². The van der Waals surface area contributed by atoms with Crippen molar-refractivity contribution < 1.29 is 18.7 Å². The first-order chi connectivity index (χ1) is 17.2. The van der Waals surface area contributed by atoms with Crippen molar-refractivity contribution in [1.29, 1.82) is 0 Å². The van der Waals surface area contributed by atoms with Gasteiger partial charge in [-0.3, -0.25) is 14.7 Å². The lowest BCUT2D eigenvalue weighted by Gasteiger charge is -2.23. The van der Waals surface area contributed by atoms with E-state index in [1.165, 1.54) is 15.7 Å². The molecule has 4 rings (SSSR count). The number of hydrogen-bond acceptors (Lipinski definition) is 5. The summed E-state index contributed by atoms with van der Waals surface area (Å²) in [6.45, 7) is 6.33. The Hall–Kier alpha value is -2.90. The van der Waals surface area contributed by atoms with Gasteiger partial charge < -0.3 is 10.4 Å². The fourth-order valence-corrected chi connectivity index (χ4v) is 4.14. The molecule has 36 heavy (non-hydrogen) atoms. The maximum Gasteiger partial charge on any atom is 0.335 e. The number of halogens is 2. The number of dihydropyridines is 1. The summed E-state index contributed by atoms with van der Waals surface area (Å²) in [5.41, 5.74) is 3.82. The van der Waals surface area contributed by atoms with Crippen LogP contribution in [0.3, 0.4) is 0 Å². The minimum absolute atomic E-state index is 0.0590. The van der Waals surface area contributed by atoms with Gasteiger partial charge in [-0.25, -0.2) is 18.6 Å². The minimum atomic E-state index is -2.25.